The predicted molar refractivity (Wildman–Crippen MR) is 71.4 cm³/mol. The zero-order chi connectivity index (χ0) is 14.5. The summed E-state index contributed by atoms with van der Waals surface area (Å²) in [5, 5.41) is 3.07. The SMILES string of the molecule is CCOC(=O)C1CNCCN1C(=O)c1ccc(=O)[nH]c1. The van der Waals surface area contributed by atoms with Crippen LogP contribution < -0.4 is 10.9 Å². The van der Waals surface area contributed by atoms with Crippen LogP contribution in [0.4, 0.5) is 0 Å². The van der Waals surface area contributed by atoms with E-state index in [0.717, 1.165) is 0 Å². The summed E-state index contributed by atoms with van der Waals surface area (Å²) in [5.41, 5.74) is 0.0737. The van der Waals surface area contributed by atoms with E-state index in [9.17, 15) is 14.4 Å². The van der Waals surface area contributed by atoms with Crippen molar-refractivity contribution in [2.24, 2.45) is 0 Å². The Morgan fingerprint density at radius 1 is 1.45 bits per heavy atom. The van der Waals surface area contributed by atoms with Crippen LogP contribution >= 0.6 is 0 Å². The van der Waals surface area contributed by atoms with E-state index in [1.807, 2.05) is 0 Å². The Hall–Kier alpha value is -2.15. The number of aromatic nitrogens is 1. The lowest BCUT2D eigenvalue weighted by molar-refractivity contribution is -0.149. The van der Waals surface area contributed by atoms with Gasteiger partial charge in [-0.05, 0) is 13.0 Å². The Kier molecular flexibility index (Phi) is 4.52. The van der Waals surface area contributed by atoms with E-state index in [2.05, 4.69) is 10.3 Å². The third-order valence-corrected chi connectivity index (χ3v) is 3.09. The highest BCUT2D eigenvalue weighted by atomic mass is 16.5. The number of aromatic amines is 1. The first-order valence-corrected chi connectivity index (χ1v) is 6.50. The molecule has 1 atom stereocenters. The van der Waals surface area contributed by atoms with Crippen molar-refractivity contribution in [1.29, 1.82) is 0 Å². The van der Waals surface area contributed by atoms with Crippen molar-refractivity contribution in [2.45, 2.75) is 13.0 Å². The van der Waals surface area contributed by atoms with E-state index >= 15 is 0 Å². The molecule has 1 aliphatic rings. The highest BCUT2D eigenvalue weighted by molar-refractivity contribution is 5.96. The minimum absolute atomic E-state index is 0.274. The summed E-state index contributed by atoms with van der Waals surface area (Å²) in [6, 6.07) is 2.10. The van der Waals surface area contributed by atoms with Crippen LogP contribution in [0.1, 0.15) is 17.3 Å². The number of H-pyrrole nitrogens is 1. The molecule has 0 aliphatic carbocycles. The first kappa shape index (κ1) is 14.3. The molecule has 1 saturated heterocycles. The maximum atomic E-state index is 12.4. The molecule has 7 heteroatoms. The van der Waals surface area contributed by atoms with Crippen LogP contribution in [0.3, 0.4) is 0 Å². The van der Waals surface area contributed by atoms with Crippen LogP contribution in [0.5, 0.6) is 0 Å². The van der Waals surface area contributed by atoms with Gasteiger partial charge in [0.1, 0.15) is 6.04 Å². The van der Waals surface area contributed by atoms with Crippen molar-refractivity contribution in [3.05, 3.63) is 34.2 Å². The van der Waals surface area contributed by atoms with Crippen molar-refractivity contribution in [3.63, 3.8) is 0 Å². The summed E-state index contributed by atoms with van der Waals surface area (Å²) in [7, 11) is 0. The molecular weight excluding hydrogens is 262 g/mol. The van der Waals surface area contributed by atoms with Gasteiger partial charge in [-0.3, -0.25) is 9.59 Å². The molecule has 0 spiro atoms. The van der Waals surface area contributed by atoms with Gasteiger partial charge in [-0.1, -0.05) is 0 Å². The molecule has 108 valence electrons. The molecule has 1 aromatic rings. The van der Waals surface area contributed by atoms with E-state index < -0.39 is 12.0 Å². The molecule has 1 unspecified atom stereocenters. The molecule has 2 rings (SSSR count). The minimum Gasteiger partial charge on any atom is -0.464 e. The van der Waals surface area contributed by atoms with Crippen LogP contribution in [-0.2, 0) is 9.53 Å². The number of carbonyl (C=O) groups is 2. The number of nitrogens with zero attached hydrogens (tertiary/aromatic N) is 1. The van der Waals surface area contributed by atoms with Gasteiger partial charge in [0.2, 0.25) is 5.56 Å². The van der Waals surface area contributed by atoms with Crippen molar-refractivity contribution >= 4 is 11.9 Å². The Morgan fingerprint density at radius 2 is 2.25 bits per heavy atom. The number of ether oxygens (including phenoxy) is 1. The van der Waals surface area contributed by atoms with Crippen LogP contribution in [0.15, 0.2) is 23.1 Å². The molecule has 20 heavy (non-hydrogen) atoms. The van der Waals surface area contributed by atoms with Crippen LogP contribution in [0.25, 0.3) is 0 Å². The number of rotatable bonds is 3. The molecule has 0 bridgehead atoms. The van der Waals surface area contributed by atoms with Gasteiger partial charge in [-0.15, -0.1) is 0 Å². The van der Waals surface area contributed by atoms with Crippen molar-refractivity contribution < 1.29 is 14.3 Å². The third kappa shape index (κ3) is 3.05. The molecule has 2 N–H and O–H groups in total. The Morgan fingerprint density at radius 3 is 2.90 bits per heavy atom. The molecule has 0 aromatic carbocycles. The van der Waals surface area contributed by atoms with Crippen molar-refractivity contribution in [1.82, 2.24) is 15.2 Å². The van der Waals surface area contributed by atoms with Crippen LogP contribution in [-0.4, -0.2) is 54.0 Å². The Balaban J connectivity index is 2.18. The van der Waals surface area contributed by atoms with Gasteiger partial charge in [-0.25, -0.2) is 4.79 Å². The van der Waals surface area contributed by atoms with E-state index in [1.54, 1.807) is 6.92 Å². The first-order valence-electron chi connectivity index (χ1n) is 6.50. The Labute approximate surface area is 115 Å². The van der Waals surface area contributed by atoms with Gasteiger partial charge in [0.25, 0.3) is 5.91 Å². The monoisotopic (exact) mass is 279 g/mol. The number of carbonyl (C=O) groups excluding carboxylic acids is 2. The van der Waals surface area contributed by atoms with Gasteiger partial charge in [0.05, 0.1) is 12.2 Å². The lowest BCUT2D eigenvalue weighted by Crippen LogP contribution is -2.57. The maximum Gasteiger partial charge on any atom is 0.330 e. The number of esters is 1. The number of nitrogens with one attached hydrogen (secondary N) is 2. The predicted octanol–water partition coefficient (Wildman–Crippen LogP) is -0.648. The zero-order valence-corrected chi connectivity index (χ0v) is 11.2. The normalized spacial score (nSPS) is 18.6. The largest absolute Gasteiger partial charge is 0.464 e. The van der Waals surface area contributed by atoms with E-state index in [-0.39, 0.29) is 18.1 Å². The molecule has 1 amide bonds. The second-order valence-corrected chi connectivity index (χ2v) is 4.41. The third-order valence-electron chi connectivity index (χ3n) is 3.09. The second-order valence-electron chi connectivity index (χ2n) is 4.41. The number of hydrogen-bond donors (Lipinski definition) is 2. The smallest absolute Gasteiger partial charge is 0.330 e. The fourth-order valence-corrected chi connectivity index (χ4v) is 2.11. The number of amides is 1. The second kappa shape index (κ2) is 6.33. The molecule has 1 fully saturated rings. The summed E-state index contributed by atoms with van der Waals surface area (Å²) in [5.74, 6) is -0.710. The maximum absolute atomic E-state index is 12.4. The molecule has 0 saturated carbocycles. The van der Waals surface area contributed by atoms with E-state index in [0.29, 0.717) is 25.2 Å². The van der Waals surface area contributed by atoms with Crippen LogP contribution in [0.2, 0.25) is 0 Å². The topological polar surface area (TPSA) is 91.5 Å². The van der Waals surface area contributed by atoms with Crippen molar-refractivity contribution in [2.75, 3.05) is 26.2 Å². The molecule has 0 radical (unpaired) electrons. The summed E-state index contributed by atoms with van der Waals surface area (Å²) in [6.45, 7) is 3.40. The minimum atomic E-state index is -0.636. The lowest BCUT2D eigenvalue weighted by Gasteiger charge is -2.34. The van der Waals surface area contributed by atoms with Gasteiger partial charge < -0.3 is 19.9 Å². The van der Waals surface area contributed by atoms with E-state index in [1.165, 1.54) is 23.2 Å². The number of pyridine rings is 1. The fraction of sp³-hybridized carbons (Fsp3) is 0.462. The molecular formula is C13H17N3O4. The average Bonchev–Trinajstić information content (AvgIpc) is 2.47. The van der Waals surface area contributed by atoms with Gasteiger partial charge >= 0.3 is 5.97 Å². The molecule has 1 aromatic heterocycles. The summed E-state index contributed by atoms with van der Waals surface area (Å²) in [4.78, 5) is 39.2. The lowest BCUT2D eigenvalue weighted by atomic mass is 10.1. The highest BCUT2D eigenvalue weighted by Gasteiger charge is 2.33. The zero-order valence-electron chi connectivity index (χ0n) is 11.2. The quantitative estimate of drug-likeness (QED) is 0.718. The van der Waals surface area contributed by atoms with E-state index in [4.69, 9.17) is 4.74 Å². The van der Waals surface area contributed by atoms with Crippen molar-refractivity contribution in [3.8, 4) is 0 Å². The Bertz CT molecular complexity index is 534. The molecule has 2 heterocycles. The molecule has 7 nitrogen and oxygen atoms in total. The van der Waals surface area contributed by atoms with Gasteiger partial charge in [0.15, 0.2) is 0 Å². The van der Waals surface area contributed by atoms with Gasteiger partial charge in [0, 0.05) is 31.9 Å². The molecule has 1 aliphatic heterocycles. The summed E-state index contributed by atoms with van der Waals surface area (Å²) < 4.78 is 4.99. The number of hydrogen-bond acceptors (Lipinski definition) is 5. The summed E-state index contributed by atoms with van der Waals surface area (Å²) in [6.07, 6.45) is 1.36. The highest BCUT2D eigenvalue weighted by Crippen LogP contribution is 2.10. The van der Waals surface area contributed by atoms with Gasteiger partial charge in [-0.2, -0.15) is 0 Å². The fourth-order valence-electron chi connectivity index (χ4n) is 2.11. The average molecular weight is 279 g/mol. The van der Waals surface area contributed by atoms with Crippen LogP contribution in [0, 0.1) is 0 Å². The first-order chi connectivity index (χ1) is 9.63. The number of piperazine rings is 1. The summed E-state index contributed by atoms with van der Waals surface area (Å²) >= 11 is 0. The standard InChI is InChI=1S/C13H17N3O4/c1-2-20-13(19)10-8-14-5-6-16(10)12(18)9-3-4-11(17)15-7-9/h3-4,7,10,14H,2,5-6,8H2,1H3,(H,15,17).